The van der Waals surface area contributed by atoms with E-state index in [1.54, 1.807) is 0 Å². The van der Waals surface area contributed by atoms with E-state index in [0.717, 1.165) is 61.7 Å². The molecule has 1 aliphatic rings. The summed E-state index contributed by atoms with van der Waals surface area (Å²) in [5, 5.41) is 3.85. The first kappa shape index (κ1) is 31.2. The lowest BCUT2D eigenvalue weighted by Crippen LogP contribution is -2.32. The first-order chi connectivity index (χ1) is 25.7. The lowest BCUT2D eigenvalue weighted by atomic mass is 9.91. The van der Waals surface area contributed by atoms with Crippen molar-refractivity contribution in [3.63, 3.8) is 0 Å². The summed E-state index contributed by atoms with van der Waals surface area (Å²) in [6.07, 6.45) is 1.98. The van der Waals surface area contributed by atoms with E-state index in [2.05, 4.69) is 181 Å². The Morgan fingerprint density at radius 2 is 0.846 bits per heavy atom. The summed E-state index contributed by atoms with van der Waals surface area (Å²) in [5.41, 5.74) is 15.5. The summed E-state index contributed by atoms with van der Waals surface area (Å²) in [6.45, 7) is 0. The molecule has 3 nitrogen and oxygen atoms in total. The van der Waals surface area contributed by atoms with Crippen LogP contribution in [0.15, 0.2) is 205 Å². The Morgan fingerprint density at radius 1 is 0.365 bits per heavy atom. The van der Waals surface area contributed by atoms with Gasteiger partial charge in [0.25, 0.3) is 0 Å². The molecule has 0 amide bonds. The molecule has 1 aromatic heterocycles. The van der Waals surface area contributed by atoms with Crippen molar-refractivity contribution in [2.75, 3.05) is 0 Å². The zero-order chi connectivity index (χ0) is 34.7. The molecular weight excluding hydrogens is 631 g/mol. The van der Waals surface area contributed by atoms with Gasteiger partial charge in [-0.2, -0.15) is 0 Å². The van der Waals surface area contributed by atoms with Crippen LogP contribution in [0.3, 0.4) is 0 Å². The zero-order valence-corrected chi connectivity index (χ0v) is 28.5. The van der Waals surface area contributed by atoms with Crippen molar-refractivity contribution in [2.45, 2.75) is 6.04 Å². The molecule has 7 aromatic carbocycles. The van der Waals surface area contributed by atoms with E-state index in [4.69, 9.17) is 9.98 Å². The zero-order valence-electron chi connectivity index (χ0n) is 28.5. The molecule has 2 heterocycles. The summed E-state index contributed by atoms with van der Waals surface area (Å²) in [4.78, 5) is 10.2. The maximum atomic E-state index is 5.34. The van der Waals surface area contributed by atoms with E-state index in [9.17, 15) is 0 Å². The van der Waals surface area contributed by atoms with Gasteiger partial charge in [-0.15, -0.1) is 0 Å². The van der Waals surface area contributed by atoms with Crippen molar-refractivity contribution in [1.82, 2.24) is 10.3 Å². The van der Waals surface area contributed by atoms with Crippen LogP contribution in [0.2, 0.25) is 0 Å². The van der Waals surface area contributed by atoms with E-state index in [1.165, 1.54) is 22.3 Å². The molecule has 1 unspecified atom stereocenters. The molecule has 8 aromatic rings. The Balaban J connectivity index is 1.18. The first-order valence-electron chi connectivity index (χ1n) is 17.7. The number of fused-ring (bicyclic) bond motifs is 1. The van der Waals surface area contributed by atoms with Crippen LogP contribution in [0.5, 0.6) is 0 Å². The standard InChI is InChI=1S/C49H35N3/c1-5-13-34(14-6-1)36-21-23-37(24-22-36)42-29-43(41-26-28-46(50-33-41)38-17-9-3-10-18-38)31-44(30-42)49-51-47-32-40(35-15-7-2-8-16-35)25-27-45(47)48(52-49)39-19-11-4-12-20-39/h1-33,48H,(H,51,52). The Labute approximate surface area is 304 Å². The maximum Gasteiger partial charge on any atom is 0.134 e. The SMILES string of the molecule is c1ccc(-c2ccc(-c3cc(C4=Nc5cc(-c6ccccc6)ccc5C(c5ccccc5)N4)cc(-c4ccc(-c5ccccc5)nc4)c3)cc2)cc1. The van der Waals surface area contributed by atoms with E-state index in [1.807, 2.05) is 24.4 Å². The fourth-order valence-corrected chi connectivity index (χ4v) is 7.05. The van der Waals surface area contributed by atoms with Crippen LogP contribution in [-0.4, -0.2) is 10.8 Å². The number of amidine groups is 1. The highest BCUT2D eigenvalue weighted by Crippen LogP contribution is 2.39. The minimum absolute atomic E-state index is 0.0578. The molecule has 0 fully saturated rings. The van der Waals surface area contributed by atoms with Crippen LogP contribution in [0.25, 0.3) is 55.8 Å². The average molecular weight is 666 g/mol. The number of benzene rings is 7. The topological polar surface area (TPSA) is 37.3 Å². The minimum Gasteiger partial charge on any atom is -0.359 e. The normalized spacial score (nSPS) is 13.5. The predicted molar refractivity (Wildman–Crippen MR) is 215 cm³/mol. The Hall–Kier alpha value is -6.84. The first-order valence-corrected chi connectivity index (χ1v) is 17.7. The van der Waals surface area contributed by atoms with Crippen molar-refractivity contribution >= 4 is 11.5 Å². The Morgan fingerprint density at radius 3 is 1.46 bits per heavy atom. The van der Waals surface area contributed by atoms with E-state index in [0.29, 0.717) is 0 Å². The lowest BCUT2D eigenvalue weighted by molar-refractivity contribution is 0.749. The van der Waals surface area contributed by atoms with Crippen molar-refractivity contribution in [3.8, 4) is 55.8 Å². The molecule has 3 heteroatoms. The second kappa shape index (κ2) is 13.8. The summed E-state index contributed by atoms with van der Waals surface area (Å²) in [6, 6.07) is 68.4. The number of hydrogen-bond donors (Lipinski definition) is 1. The van der Waals surface area contributed by atoms with Gasteiger partial charge in [0.1, 0.15) is 5.84 Å². The van der Waals surface area contributed by atoms with Gasteiger partial charge in [-0.25, -0.2) is 4.99 Å². The highest BCUT2D eigenvalue weighted by molar-refractivity contribution is 6.04. The molecule has 9 rings (SSSR count). The number of pyridine rings is 1. The van der Waals surface area contributed by atoms with Crippen molar-refractivity contribution < 1.29 is 0 Å². The maximum absolute atomic E-state index is 5.34. The Bertz CT molecular complexity index is 2390. The third kappa shape index (κ3) is 6.32. The molecule has 1 aliphatic heterocycles. The molecule has 1 atom stereocenters. The third-order valence-corrected chi connectivity index (χ3v) is 9.79. The number of aliphatic imine (C=N–C) groups is 1. The third-order valence-electron chi connectivity index (χ3n) is 9.79. The summed E-state index contributed by atoms with van der Waals surface area (Å²) >= 11 is 0. The number of aromatic nitrogens is 1. The summed E-state index contributed by atoms with van der Waals surface area (Å²) < 4.78 is 0. The Kier molecular flexibility index (Phi) is 8.28. The van der Waals surface area contributed by atoms with Crippen LogP contribution in [0, 0.1) is 0 Å². The van der Waals surface area contributed by atoms with Gasteiger partial charge >= 0.3 is 0 Å². The van der Waals surface area contributed by atoms with Gasteiger partial charge in [-0.05, 0) is 74.8 Å². The number of nitrogens with one attached hydrogen (secondary N) is 1. The van der Waals surface area contributed by atoms with Crippen molar-refractivity contribution in [3.05, 3.63) is 217 Å². The number of rotatable bonds is 7. The van der Waals surface area contributed by atoms with Gasteiger partial charge in [-0.1, -0.05) is 164 Å². The van der Waals surface area contributed by atoms with Gasteiger partial charge in [0.15, 0.2) is 0 Å². The fraction of sp³-hybridized carbons (Fsp3) is 0.0204. The van der Waals surface area contributed by atoms with Crippen LogP contribution in [0.1, 0.15) is 22.7 Å². The highest BCUT2D eigenvalue weighted by Gasteiger charge is 2.25. The number of hydrogen-bond acceptors (Lipinski definition) is 3. The quantitative estimate of drug-likeness (QED) is 0.184. The monoisotopic (exact) mass is 665 g/mol. The smallest absolute Gasteiger partial charge is 0.134 e. The molecule has 0 bridgehead atoms. The van der Waals surface area contributed by atoms with Crippen molar-refractivity contribution in [1.29, 1.82) is 0 Å². The molecule has 0 aliphatic carbocycles. The van der Waals surface area contributed by atoms with Gasteiger partial charge in [0.05, 0.1) is 17.4 Å². The second-order valence-electron chi connectivity index (χ2n) is 13.1. The van der Waals surface area contributed by atoms with E-state index in [-0.39, 0.29) is 6.04 Å². The van der Waals surface area contributed by atoms with Crippen LogP contribution in [-0.2, 0) is 0 Å². The van der Waals surface area contributed by atoms with E-state index < -0.39 is 0 Å². The summed E-state index contributed by atoms with van der Waals surface area (Å²) in [5.74, 6) is 0.837. The van der Waals surface area contributed by atoms with Gasteiger partial charge in [0.2, 0.25) is 0 Å². The molecule has 0 radical (unpaired) electrons. The lowest BCUT2D eigenvalue weighted by Gasteiger charge is -2.28. The van der Waals surface area contributed by atoms with Crippen LogP contribution in [0.4, 0.5) is 5.69 Å². The molecule has 1 N–H and O–H groups in total. The number of nitrogens with zero attached hydrogens (tertiary/aromatic N) is 2. The van der Waals surface area contributed by atoms with Crippen molar-refractivity contribution in [2.24, 2.45) is 4.99 Å². The molecule has 0 spiro atoms. The second-order valence-corrected chi connectivity index (χ2v) is 13.1. The highest BCUT2D eigenvalue weighted by atomic mass is 15.1. The molecule has 52 heavy (non-hydrogen) atoms. The van der Waals surface area contributed by atoms with Gasteiger partial charge in [0, 0.05) is 28.5 Å². The summed E-state index contributed by atoms with van der Waals surface area (Å²) in [7, 11) is 0. The van der Waals surface area contributed by atoms with E-state index >= 15 is 0 Å². The predicted octanol–water partition coefficient (Wildman–Crippen LogP) is 12.2. The molecule has 246 valence electrons. The molecule has 0 saturated heterocycles. The molecule has 0 saturated carbocycles. The minimum atomic E-state index is -0.0578. The van der Waals surface area contributed by atoms with Crippen LogP contribution < -0.4 is 5.32 Å². The fourth-order valence-electron chi connectivity index (χ4n) is 7.05. The largest absolute Gasteiger partial charge is 0.359 e. The van der Waals surface area contributed by atoms with Crippen LogP contribution >= 0.6 is 0 Å². The average Bonchev–Trinajstić information content (AvgIpc) is 3.24. The molecular formula is C49H35N3. The van der Waals surface area contributed by atoms with Gasteiger partial charge < -0.3 is 5.32 Å². The van der Waals surface area contributed by atoms with Gasteiger partial charge in [-0.3, -0.25) is 4.98 Å².